The zero-order valence-corrected chi connectivity index (χ0v) is 64.8. The Hall–Kier alpha value is -12.2. The fourth-order valence-corrected chi connectivity index (χ4v) is 11.3. The van der Waals surface area contributed by atoms with Crippen molar-refractivity contribution in [3.8, 4) is 0 Å². The lowest BCUT2D eigenvalue weighted by Crippen LogP contribution is -2.41. The van der Waals surface area contributed by atoms with Gasteiger partial charge in [0.15, 0.2) is 0 Å². The predicted molar refractivity (Wildman–Crippen MR) is 401 cm³/mol. The average Bonchev–Trinajstić information content (AvgIpc) is 0.830. The predicted octanol–water partition coefficient (Wildman–Crippen LogP) is 17.8. The highest BCUT2D eigenvalue weighted by Crippen LogP contribution is 2.35. The van der Waals surface area contributed by atoms with Crippen LogP contribution in [0.5, 0.6) is 0 Å². The first-order valence-corrected chi connectivity index (χ1v) is 38.1. The van der Waals surface area contributed by atoms with Crippen LogP contribution in [-0.2, 0) is 126 Å². The summed E-state index contributed by atoms with van der Waals surface area (Å²) in [5, 5.41) is 0. The normalized spacial score (nSPS) is 11.7. The molecule has 0 saturated carbocycles. The maximum atomic E-state index is 13.9. The summed E-state index contributed by atoms with van der Waals surface area (Å²) in [7, 11) is 0. The van der Waals surface area contributed by atoms with Crippen molar-refractivity contribution in [1.29, 1.82) is 0 Å². The minimum Gasteiger partial charge on any atom is -0.432 e. The third-order valence-electron chi connectivity index (χ3n) is 18.0. The third kappa shape index (κ3) is 33.8. The maximum absolute atomic E-state index is 13.9. The van der Waals surface area contributed by atoms with Gasteiger partial charge in [-0.15, -0.1) is 0 Å². The minimum atomic E-state index is -1.74. The molecule has 0 aromatic heterocycles. The Morgan fingerprint density at radius 3 is 0.561 bits per heavy atom. The van der Waals surface area contributed by atoms with E-state index in [0.29, 0.717) is 25.7 Å². The van der Waals surface area contributed by atoms with E-state index in [0.717, 1.165) is 123 Å². The molecule has 0 bridgehead atoms. The second kappa shape index (κ2) is 51.3. The Labute approximate surface area is 660 Å². The third-order valence-corrected chi connectivity index (χ3v) is 18.0. The highest BCUT2D eigenvalue weighted by molar-refractivity contribution is 5.92. The number of aryl methyl sites for hydroxylation is 6. The Balaban J connectivity index is 1.39. The number of hydrogen-bond acceptors (Lipinski definition) is 30. The van der Waals surface area contributed by atoms with Crippen LogP contribution in [-0.4, -0.2) is 112 Å². The van der Waals surface area contributed by atoms with Crippen LogP contribution in [0.3, 0.4) is 0 Å². The van der Waals surface area contributed by atoms with Crippen LogP contribution in [0.2, 0.25) is 0 Å². The molecule has 0 heterocycles. The van der Waals surface area contributed by atoms with E-state index in [1.807, 2.05) is 41.5 Å². The standard InChI is InChI=1S/C84H98O30/c1-7-13-19-57-25-37-63(38-26-57)73(85)103-109-79(91)97-51-49-69(53-99-81(93)111-105-75(87)65-41-29-59(30-42-65)21-15-9-3)71(55-101-83(95)113-107-77(89)67-45-33-61(34-46-67)23-17-11-5)72(56-102-84(96)114-108-78(90)68-47-35-62(36-48-68)24-18-12-6)70(54-100-82(94)112-106-76(88)66-43-31-60(32-44-66)22-16-10-4)50-52-98-80(92)110-104-74(86)64-39-27-58(28-40-64)20-14-8-2/h25-48,69-72H,7-24,49-56H2,1-6H3. The summed E-state index contributed by atoms with van der Waals surface area (Å²) in [5.41, 5.74) is 5.25. The van der Waals surface area contributed by atoms with Crippen LogP contribution in [0.4, 0.5) is 28.8 Å². The van der Waals surface area contributed by atoms with Crippen LogP contribution < -0.4 is 0 Å². The summed E-state index contributed by atoms with van der Waals surface area (Å²) in [6, 6.07) is 37.4. The molecule has 0 fully saturated rings. The molecule has 0 spiro atoms. The quantitative estimate of drug-likeness (QED) is 0.0149. The van der Waals surface area contributed by atoms with Gasteiger partial charge in [0, 0.05) is 23.7 Å². The zero-order chi connectivity index (χ0) is 82.2. The monoisotopic (exact) mass is 1590 g/mol. The van der Waals surface area contributed by atoms with E-state index in [9.17, 15) is 57.5 Å². The first-order valence-electron chi connectivity index (χ1n) is 38.1. The van der Waals surface area contributed by atoms with Crippen LogP contribution >= 0.6 is 0 Å². The van der Waals surface area contributed by atoms with Gasteiger partial charge in [0.2, 0.25) is 0 Å². The smallest absolute Gasteiger partial charge is 0.432 e. The Kier molecular flexibility index (Phi) is 40.8. The van der Waals surface area contributed by atoms with Gasteiger partial charge < -0.3 is 28.4 Å². The Morgan fingerprint density at radius 2 is 0.386 bits per heavy atom. The van der Waals surface area contributed by atoms with E-state index < -0.39 is 149 Å². The Morgan fingerprint density at radius 1 is 0.219 bits per heavy atom. The molecule has 6 aromatic carbocycles. The van der Waals surface area contributed by atoms with Crippen molar-refractivity contribution in [1.82, 2.24) is 0 Å². The average molecular weight is 1590 g/mol. The second-order valence-electron chi connectivity index (χ2n) is 26.4. The number of ether oxygens (including phenoxy) is 6. The lowest BCUT2D eigenvalue weighted by molar-refractivity contribution is -0.212. The molecule has 6 aromatic rings. The molecule has 114 heavy (non-hydrogen) atoms. The molecule has 0 N–H and O–H groups in total. The van der Waals surface area contributed by atoms with Crippen molar-refractivity contribution in [3.05, 3.63) is 212 Å². The SMILES string of the molecule is CCCCc1ccc(C(=O)OOC(=O)OCCC(COC(=O)OOC(=O)c2ccc(CCCC)cc2)C(COC(=O)OOC(=O)c2ccc(CCCC)cc2)C(COC(=O)OOC(=O)c2ccc(CCCC)cc2)C(CCOC(=O)OOC(=O)c2ccc(CCCC)cc2)COC(=O)OOC(=O)c2ccc(CCCC)cc2)cc1. The van der Waals surface area contributed by atoms with Crippen molar-refractivity contribution in [2.45, 2.75) is 170 Å². The van der Waals surface area contributed by atoms with E-state index in [-0.39, 0.29) is 33.4 Å². The van der Waals surface area contributed by atoms with Crippen molar-refractivity contribution < 1.29 is 145 Å². The number of benzene rings is 6. The topological polar surface area (TPSA) is 371 Å². The van der Waals surface area contributed by atoms with Crippen LogP contribution in [0.1, 0.15) is 227 Å². The molecule has 6 rings (SSSR count). The highest BCUT2D eigenvalue weighted by Gasteiger charge is 2.40. The largest absolute Gasteiger partial charge is 0.549 e. The summed E-state index contributed by atoms with van der Waals surface area (Å²) in [6.45, 7) is 6.38. The van der Waals surface area contributed by atoms with E-state index in [1.54, 1.807) is 72.8 Å². The summed E-state index contributed by atoms with van der Waals surface area (Å²) in [6.07, 6.45) is 3.66. The molecule has 4 unspecified atom stereocenters. The van der Waals surface area contributed by atoms with Crippen molar-refractivity contribution >= 4 is 72.7 Å². The summed E-state index contributed by atoms with van der Waals surface area (Å²) in [5.74, 6) is -13.2. The number of carbonyl (C=O) groups excluding carboxylic acids is 12. The molecular formula is C84H98O30. The lowest BCUT2D eigenvalue weighted by atomic mass is 9.74. The fraction of sp³-hybridized carbons (Fsp3) is 0.429. The molecule has 30 nitrogen and oxygen atoms in total. The van der Waals surface area contributed by atoms with Gasteiger partial charge in [0.25, 0.3) is 0 Å². The number of unbranched alkanes of at least 4 members (excludes halogenated alkanes) is 6. The van der Waals surface area contributed by atoms with Gasteiger partial charge in [0.05, 0.1) is 73.0 Å². The number of rotatable bonds is 41. The van der Waals surface area contributed by atoms with Crippen LogP contribution in [0.15, 0.2) is 146 Å². The molecule has 0 radical (unpaired) electrons. The Bertz CT molecular complexity index is 3730. The van der Waals surface area contributed by atoms with Crippen molar-refractivity contribution in [3.63, 3.8) is 0 Å². The van der Waals surface area contributed by atoms with Gasteiger partial charge in [-0.3, -0.25) is 0 Å². The van der Waals surface area contributed by atoms with E-state index in [4.69, 9.17) is 87.1 Å². The molecule has 0 amide bonds. The molecule has 0 aliphatic carbocycles. The van der Waals surface area contributed by atoms with E-state index >= 15 is 0 Å². The maximum Gasteiger partial charge on any atom is 0.549 e. The van der Waals surface area contributed by atoms with Gasteiger partial charge in [-0.2, -0.15) is 28.8 Å². The van der Waals surface area contributed by atoms with Crippen LogP contribution in [0, 0.1) is 23.7 Å². The van der Waals surface area contributed by atoms with Gasteiger partial charge in [-0.1, -0.05) is 153 Å². The van der Waals surface area contributed by atoms with Crippen molar-refractivity contribution in [2.75, 3.05) is 39.6 Å². The first kappa shape index (κ1) is 90.6. The number of carbonyl (C=O) groups is 12. The second-order valence-corrected chi connectivity index (χ2v) is 26.4. The molecule has 0 aliphatic heterocycles. The molecule has 4 atom stereocenters. The van der Waals surface area contributed by atoms with E-state index in [1.165, 1.54) is 72.8 Å². The summed E-state index contributed by atoms with van der Waals surface area (Å²) in [4.78, 5) is 219. The number of hydrogen-bond donors (Lipinski definition) is 0. The van der Waals surface area contributed by atoms with Crippen LogP contribution in [0.25, 0.3) is 0 Å². The van der Waals surface area contributed by atoms with Gasteiger partial charge >= 0.3 is 72.7 Å². The fourth-order valence-electron chi connectivity index (χ4n) is 11.3. The van der Waals surface area contributed by atoms with Crippen molar-refractivity contribution in [2.24, 2.45) is 23.7 Å². The molecule has 614 valence electrons. The molecule has 0 saturated heterocycles. The summed E-state index contributed by atoms with van der Waals surface area (Å²) < 4.78 is 33.0. The zero-order valence-electron chi connectivity index (χ0n) is 64.8. The van der Waals surface area contributed by atoms with E-state index in [2.05, 4.69) is 0 Å². The van der Waals surface area contributed by atoms with Gasteiger partial charge in [0.1, 0.15) is 0 Å². The minimum absolute atomic E-state index is 0.00510. The lowest BCUT2D eigenvalue weighted by Gasteiger charge is -2.36. The molecule has 0 aliphatic rings. The first-order chi connectivity index (χ1) is 55.2. The molecule has 30 heteroatoms. The van der Waals surface area contributed by atoms with Gasteiger partial charge in [-0.25, -0.2) is 87.4 Å². The molecular weight excluding hydrogens is 1490 g/mol. The van der Waals surface area contributed by atoms with Gasteiger partial charge in [-0.05, 0) is 196 Å². The summed E-state index contributed by atoms with van der Waals surface area (Å²) >= 11 is 0. The highest BCUT2D eigenvalue weighted by atomic mass is 17.3.